The van der Waals surface area contributed by atoms with Crippen molar-refractivity contribution < 1.29 is 14.3 Å². The molecule has 1 saturated heterocycles. The predicted molar refractivity (Wildman–Crippen MR) is 88.3 cm³/mol. The van der Waals surface area contributed by atoms with Gasteiger partial charge in [0.25, 0.3) is 5.79 Å². The summed E-state index contributed by atoms with van der Waals surface area (Å²) in [5.74, 6) is -1.46. The monoisotopic (exact) mass is 394 g/mol. The molecule has 1 aliphatic heterocycles. The molecule has 1 aliphatic rings. The number of carbonyl (C=O) groups excluding carboxylic acids is 1. The second kappa shape index (κ2) is 5.87. The van der Waals surface area contributed by atoms with Gasteiger partial charge in [-0.1, -0.05) is 42.0 Å². The van der Waals surface area contributed by atoms with Crippen LogP contribution in [0.4, 0.5) is 0 Å². The summed E-state index contributed by atoms with van der Waals surface area (Å²) in [6.45, 7) is 2.85. The summed E-state index contributed by atoms with van der Waals surface area (Å²) >= 11 is 2.21. The summed E-state index contributed by atoms with van der Waals surface area (Å²) in [5.41, 5.74) is 2.47. The minimum atomic E-state index is -1.31. The zero-order valence-corrected chi connectivity index (χ0v) is 13.8. The first-order chi connectivity index (χ1) is 10.1. The quantitative estimate of drug-likeness (QED) is 0.589. The number of hydrogen-bond donors (Lipinski definition) is 0. The van der Waals surface area contributed by atoms with E-state index >= 15 is 0 Å². The molecule has 21 heavy (non-hydrogen) atoms. The van der Waals surface area contributed by atoms with Crippen molar-refractivity contribution in [3.05, 3.63) is 68.8 Å². The van der Waals surface area contributed by atoms with E-state index in [1.165, 1.54) is 0 Å². The van der Waals surface area contributed by atoms with Gasteiger partial charge in [0, 0.05) is 14.7 Å². The first kappa shape index (κ1) is 14.7. The van der Waals surface area contributed by atoms with Gasteiger partial charge in [0.15, 0.2) is 0 Å². The first-order valence-corrected chi connectivity index (χ1v) is 7.85. The Kier molecular flexibility index (Phi) is 4.10. The standard InChI is InChI=1S/C17H15IO3/c1-12-2-6-14(7-3-12)17(20-10-11-21-17)16(19)13-4-8-15(18)9-5-13/h2-9H,10-11H2,1H3. The first-order valence-electron chi connectivity index (χ1n) is 6.77. The summed E-state index contributed by atoms with van der Waals surface area (Å²) in [6.07, 6.45) is 0. The molecule has 3 rings (SSSR count). The number of ether oxygens (including phenoxy) is 2. The molecule has 0 unspecified atom stereocenters. The van der Waals surface area contributed by atoms with Crippen molar-refractivity contribution in [2.75, 3.05) is 13.2 Å². The van der Waals surface area contributed by atoms with Crippen LogP contribution < -0.4 is 0 Å². The number of hydrogen-bond acceptors (Lipinski definition) is 3. The van der Waals surface area contributed by atoms with Crippen molar-refractivity contribution in [1.82, 2.24) is 0 Å². The topological polar surface area (TPSA) is 35.5 Å². The second-order valence-electron chi connectivity index (χ2n) is 5.02. The van der Waals surface area contributed by atoms with Crippen molar-refractivity contribution in [2.24, 2.45) is 0 Å². The van der Waals surface area contributed by atoms with Crippen LogP contribution in [-0.4, -0.2) is 19.0 Å². The fourth-order valence-corrected chi connectivity index (χ4v) is 2.77. The number of Topliss-reactive ketones (excluding diaryl/α,β-unsaturated/α-hetero) is 1. The molecule has 0 aromatic heterocycles. The minimum absolute atomic E-state index is 0.153. The van der Waals surface area contributed by atoms with Crippen molar-refractivity contribution in [3.63, 3.8) is 0 Å². The lowest BCUT2D eigenvalue weighted by Gasteiger charge is -2.26. The molecule has 3 nitrogen and oxygen atoms in total. The summed E-state index contributed by atoms with van der Waals surface area (Å²) in [4.78, 5) is 12.9. The van der Waals surface area contributed by atoms with Gasteiger partial charge in [-0.15, -0.1) is 0 Å². The average Bonchev–Trinajstić information content (AvgIpc) is 2.99. The molecule has 2 aromatic rings. The van der Waals surface area contributed by atoms with E-state index in [4.69, 9.17) is 9.47 Å². The van der Waals surface area contributed by atoms with Gasteiger partial charge in [-0.3, -0.25) is 4.79 Å². The molecule has 0 N–H and O–H groups in total. The van der Waals surface area contributed by atoms with Crippen LogP contribution in [-0.2, 0) is 15.3 Å². The molecule has 4 heteroatoms. The molecule has 0 radical (unpaired) electrons. The third-order valence-electron chi connectivity index (χ3n) is 3.53. The Labute approximate surface area is 137 Å². The van der Waals surface area contributed by atoms with Crippen molar-refractivity contribution in [3.8, 4) is 0 Å². The van der Waals surface area contributed by atoms with Crippen molar-refractivity contribution in [2.45, 2.75) is 12.7 Å². The van der Waals surface area contributed by atoms with Crippen LogP contribution in [0, 0.1) is 10.5 Å². The predicted octanol–water partition coefficient (Wildman–Crippen LogP) is 3.68. The normalized spacial score (nSPS) is 16.9. The molecular formula is C17H15IO3. The number of aryl methyl sites for hydroxylation is 1. The Hall–Kier alpha value is -1.24. The number of carbonyl (C=O) groups is 1. The average molecular weight is 394 g/mol. The van der Waals surface area contributed by atoms with E-state index in [1.54, 1.807) is 0 Å². The van der Waals surface area contributed by atoms with E-state index in [1.807, 2.05) is 55.5 Å². The molecule has 2 aromatic carbocycles. The summed E-state index contributed by atoms with van der Waals surface area (Å²) in [5, 5.41) is 0. The zero-order chi connectivity index (χ0) is 14.9. The molecule has 0 amide bonds. The molecule has 108 valence electrons. The smallest absolute Gasteiger partial charge is 0.261 e. The van der Waals surface area contributed by atoms with Crippen molar-refractivity contribution in [1.29, 1.82) is 0 Å². The Balaban J connectivity index is 2.02. The summed E-state index contributed by atoms with van der Waals surface area (Å²) in [7, 11) is 0. The van der Waals surface area contributed by atoms with Crippen LogP contribution in [0.1, 0.15) is 21.5 Å². The zero-order valence-electron chi connectivity index (χ0n) is 11.6. The molecule has 0 bridgehead atoms. The SMILES string of the molecule is Cc1ccc(C2(C(=O)c3ccc(I)cc3)OCCO2)cc1. The highest BCUT2D eigenvalue weighted by atomic mass is 127. The Bertz CT molecular complexity index is 641. The van der Waals surface area contributed by atoms with Gasteiger partial charge in [0.1, 0.15) is 0 Å². The number of ketones is 1. The maximum absolute atomic E-state index is 12.9. The van der Waals surface area contributed by atoms with Crippen LogP contribution in [0.2, 0.25) is 0 Å². The maximum atomic E-state index is 12.9. The molecular weight excluding hydrogens is 379 g/mol. The Morgan fingerprint density at radius 3 is 2.14 bits per heavy atom. The van der Waals surface area contributed by atoms with E-state index in [9.17, 15) is 4.79 Å². The fraction of sp³-hybridized carbons (Fsp3) is 0.235. The number of halogens is 1. The molecule has 1 fully saturated rings. The van der Waals surface area contributed by atoms with Gasteiger partial charge in [-0.2, -0.15) is 0 Å². The molecule has 1 heterocycles. The van der Waals surface area contributed by atoms with Crippen LogP contribution in [0.25, 0.3) is 0 Å². The van der Waals surface area contributed by atoms with E-state index in [0.29, 0.717) is 18.8 Å². The van der Waals surface area contributed by atoms with Gasteiger partial charge in [0.2, 0.25) is 5.78 Å². The molecule has 0 aliphatic carbocycles. The van der Waals surface area contributed by atoms with Gasteiger partial charge >= 0.3 is 0 Å². The van der Waals surface area contributed by atoms with Gasteiger partial charge in [-0.05, 0) is 41.6 Å². The highest BCUT2D eigenvalue weighted by molar-refractivity contribution is 14.1. The fourth-order valence-electron chi connectivity index (χ4n) is 2.41. The van der Waals surface area contributed by atoms with Gasteiger partial charge in [0.05, 0.1) is 13.2 Å². The molecule has 0 spiro atoms. The van der Waals surface area contributed by atoms with E-state index < -0.39 is 5.79 Å². The van der Waals surface area contributed by atoms with Crippen LogP contribution in [0.5, 0.6) is 0 Å². The number of rotatable bonds is 3. The van der Waals surface area contributed by atoms with E-state index in [0.717, 1.165) is 14.7 Å². The van der Waals surface area contributed by atoms with Crippen LogP contribution >= 0.6 is 22.6 Å². The van der Waals surface area contributed by atoms with Crippen LogP contribution in [0.15, 0.2) is 48.5 Å². The van der Waals surface area contributed by atoms with E-state index in [2.05, 4.69) is 22.6 Å². The van der Waals surface area contributed by atoms with Crippen molar-refractivity contribution >= 4 is 28.4 Å². The van der Waals surface area contributed by atoms with Gasteiger partial charge in [-0.25, -0.2) is 0 Å². The highest BCUT2D eigenvalue weighted by Gasteiger charge is 2.46. The third-order valence-corrected chi connectivity index (χ3v) is 4.25. The Morgan fingerprint density at radius 1 is 1.00 bits per heavy atom. The summed E-state index contributed by atoms with van der Waals surface area (Å²) in [6, 6.07) is 15.1. The highest BCUT2D eigenvalue weighted by Crippen LogP contribution is 2.35. The van der Waals surface area contributed by atoms with E-state index in [-0.39, 0.29) is 5.78 Å². The second-order valence-corrected chi connectivity index (χ2v) is 6.26. The largest absolute Gasteiger partial charge is 0.337 e. The Morgan fingerprint density at radius 2 is 1.57 bits per heavy atom. The molecule has 0 atom stereocenters. The molecule has 0 saturated carbocycles. The maximum Gasteiger partial charge on any atom is 0.261 e. The lowest BCUT2D eigenvalue weighted by atomic mass is 9.95. The lowest BCUT2D eigenvalue weighted by Crippen LogP contribution is -2.37. The van der Waals surface area contributed by atoms with Crippen LogP contribution in [0.3, 0.4) is 0 Å². The minimum Gasteiger partial charge on any atom is -0.337 e. The third kappa shape index (κ3) is 2.75. The summed E-state index contributed by atoms with van der Waals surface area (Å²) < 4.78 is 12.6. The lowest BCUT2D eigenvalue weighted by molar-refractivity contribution is -0.126. The van der Waals surface area contributed by atoms with Gasteiger partial charge < -0.3 is 9.47 Å². The number of benzene rings is 2.